The van der Waals surface area contributed by atoms with Crippen LogP contribution in [0.25, 0.3) is 0 Å². The molecule has 158 valence electrons. The zero-order chi connectivity index (χ0) is 20.1. The summed E-state index contributed by atoms with van der Waals surface area (Å²) in [6, 6.07) is 3.76. The van der Waals surface area contributed by atoms with Gasteiger partial charge in [-0.3, -0.25) is 0 Å². The molecule has 0 bridgehead atoms. The molecule has 2 atom stereocenters. The van der Waals surface area contributed by atoms with Crippen LogP contribution in [0.15, 0.2) is 23.2 Å². The van der Waals surface area contributed by atoms with Crippen molar-refractivity contribution in [3.8, 4) is 0 Å². The van der Waals surface area contributed by atoms with Crippen molar-refractivity contribution in [3.05, 3.63) is 18.3 Å². The molecule has 0 radical (unpaired) electrons. The van der Waals surface area contributed by atoms with Crippen LogP contribution in [0.4, 0.5) is 5.82 Å². The zero-order valence-corrected chi connectivity index (χ0v) is 18.1. The summed E-state index contributed by atoms with van der Waals surface area (Å²) in [6.45, 7) is 7.76. The average Bonchev–Trinajstić information content (AvgIpc) is 2.70. The SMILES string of the molecule is CCC(CC)C1CC(Nc2ccc(S(=O)(=O)N3CCN(C)CC3)cn2)CCO1. The first-order chi connectivity index (χ1) is 13.4. The van der Waals surface area contributed by atoms with E-state index in [2.05, 4.69) is 29.0 Å². The minimum atomic E-state index is -3.47. The highest BCUT2D eigenvalue weighted by Gasteiger charge is 2.29. The van der Waals surface area contributed by atoms with Crippen molar-refractivity contribution in [2.45, 2.75) is 56.6 Å². The van der Waals surface area contributed by atoms with Gasteiger partial charge in [-0.2, -0.15) is 4.31 Å². The van der Waals surface area contributed by atoms with Crippen LogP contribution in [0.1, 0.15) is 39.5 Å². The summed E-state index contributed by atoms with van der Waals surface area (Å²) in [6.07, 6.45) is 5.94. The lowest BCUT2D eigenvalue weighted by Gasteiger charge is -2.34. The van der Waals surface area contributed by atoms with Gasteiger partial charge in [-0.25, -0.2) is 13.4 Å². The number of hydrogen-bond acceptors (Lipinski definition) is 6. The quantitative estimate of drug-likeness (QED) is 0.744. The standard InChI is InChI=1S/C20H34N4O3S/c1-4-16(5-2)19-14-17(8-13-27-19)22-20-7-6-18(15-21-20)28(25,26)24-11-9-23(3)10-12-24/h6-7,15-17,19H,4-5,8-14H2,1-3H3,(H,21,22). The van der Waals surface area contributed by atoms with E-state index in [1.807, 2.05) is 7.05 Å². The van der Waals surface area contributed by atoms with Crippen molar-refractivity contribution in [1.82, 2.24) is 14.2 Å². The van der Waals surface area contributed by atoms with Gasteiger partial charge in [-0.05, 0) is 37.9 Å². The second-order valence-corrected chi connectivity index (χ2v) is 9.88. The lowest BCUT2D eigenvalue weighted by molar-refractivity contribution is -0.0271. The number of piperazine rings is 1. The van der Waals surface area contributed by atoms with Gasteiger partial charge in [0.05, 0.1) is 6.10 Å². The maximum atomic E-state index is 12.8. The maximum absolute atomic E-state index is 12.8. The monoisotopic (exact) mass is 410 g/mol. The third-order valence-corrected chi connectivity index (χ3v) is 7.96. The van der Waals surface area contributed by atoms with Gasteiger partial charge in [0.2, 0.25) is 10.0 Å². The summed E-state index contributed by atoms with van der Waals surface area (Å²) < 4.78 is 33.2. The molecule has 3 rings (SSSR count). The number of sulfonamides is 1. The van der Waals surface area contributed by atoms with Crippen LogP contribution in [0.2, 0.25) is 0 Å². The Hall–Kier alpha value is -1.22. The van der Waals surface area contributed by atoms with Gasteiger partial charge in [0.1, 0.15) is 10.7 Å². The minimum absolute atomic E-state index is 0.268. The number of hydrogen-bond donors (Lipinski definition) is 1. The second kappa shape index (κ2) is 9.52. The molecule has 28 heavy (non-hydrogen) atoms. The molecule has 2 saturated heterocycles. The molecule has 1 N–H and O–H groups in total. The Kier molecular flexibility index (Phi) is 7.31. The number of nitrogens with one attached hydrogen (secondary N) is 1. The molecule has 3 heterocycles. The third kappa shape index (κ3) is 5.03. The number of rotatable bonds is 7. The normalized spacial score (nSPS) is 25.1. The second-order valence-electron chi connectivity index (χ2n) is 7.94. The summed E-state index contributed by atoms with van der Waals surface area (Å²) in [4.78, 5) is 6.80. The van der Waals surface area contributed by atoms with Crippen molar-refractivity contribution < 1.29 is 13.2 Å². The molecule has 2 aliphatic rings. The van der Waals surface area contributed by atoms with E-state index in [4.69, 9.17) is 4.74 Å². The summed E-state index contributed by atoms with van der Waals surface area (Å²) in [7, 11) is -1.46. The molecule has 0 spiro atoms. The molecule has 2 fully saturated rings. The van der Waals surface area contributed by atoms with Crippen LogP contribution in [0.3, 0.4) is 0 Å². The third-order valence-electron chi connectivity index (χ3n) is 6.08. The van der Waals surface area contributed by atoms with Crippen LogP contribution < -0.4 is 5.32 Å². The van der Waals surface area contributed by atoms with Crippen molar-refractivity contribution in [2.75, 3.05) is 45.2 Å². The van der Waals surface area contributed by atoms with Crippen LogP contribution in [0.5, 0.6) is 0 Å². The highest BCUT2D eigenvalue weighted by Crippen LogP contribution is 2.27. The molecule has 7 nitrogen and oxygen atoms in total. The van der Waals surface area contributed by atoms with Gasteiger partial charge < -0.3 is 15.0 Å². The Morgan fingerprint density at radius 1 is 1.21 bits per heavy atom. The molecule has 0 aromatic carbocycles. The van der Waals surface area contributed by atoms with Crippen molar-refractivity contribution >= 4 is 15.8 Å². The smallest absolute Gasteiger partial charge is 0.244 e. The van der Waals surface area contributed by atoms with Crippen LogP contribution in [0, 0.1) is 5.92 Å². The first-order valence-electron chi connectivity index (χ1n) is 10.5. The Morgan fingerprint density at radius 3 is 2.54 bits per heavy atom. The van der Waals surface area contributed by atoms with E-state index in [1.165, 1.54) is 6.20 Å². The molecule has 2 unspecified atom stereocenters. The van der Waals surface area contributed by atoms with Gasteiger partial charge in [0, 0.05) is 45.0 Å². The lowest BCUT2D eigenvalue weighted by atomic mass is 9.89. The van der Waals surface area contributed by atoms with Crippen molar-refractivity contribution in [3.63, 3.8) is 0 Å². The van der Waals surface area contributed by atoms with E-state index in [1.54, 1.807) is 16.4 Å². The first kappa shape index (κ1) is 21.5. The Labute approximate surface area is 169 Å². The van der Waals surface area contributed by atoms with Gasteiger partial charge in [-0.15, -0.1) is 0 Å². The molecule has 0 amide bonds. The summed E-state index contributed by atoms with van der Waals surface area (Å²) in [5, 5.41) is 3.47. The molecule has 1 aromatic rings. The molecule has 0 saturated carbocycles. The first-order valence-corrected chi connectivity index (χ1v) is 11.9. The Bertz CT molecular complexity index is 713. The van der Waals surface area contributed by atoms with Gasteiger partial charge in [-0.1, -0.05) is 26.7 Å². The lowest BCUT2D eigenvalue weighted by Crippen LogP contribution is -2.47. The minimum Gasteiger partial charge on any atom is -0.378 e. The number of aromatic nitrogens is 1. The largest absolute Gasteiger partial charge is 0.378 e. The van der Waals surface area contributed by atoms with Gasteiger partial charge in [0.15, 0.2) is 0 Å². The predicted octanol–water partition coefficient (Wildman–Crippen LogP) is 2.41. The number of ether oxygens (including phenoxy) is 1. The highest BCUT2D eigenvalue weighted by molar-refractivity contribution is 7.89. The summed E-state index contributed by atoms with van der Waals surface area (Å²) >= 11 is 0. The summed E-state index contributed by atoms with van der Waals surface area (Å²) in [5.74, 6) is 1.32. The van der Waals surface area contributed by atoms with E-state index in [0.29, 0.717) is 25.0 Å². The number of likely N-dealkylation sites (N-methyl/N-ethyl adjacent to an activating group) is 1. The Balaban J connectivity index is 1.61. The van der Waals surface area contributed by atoms with Gasteiger partial charge in [0.25, 0.3) is 0 Å². The predicted molar refractivity (Wildman–Crippen MR) is 111 cm³/mol. The molecule has 8 heteroatoms. The van der Waals surface area contributed by atoms with Crippen molar-refractivity contribution in [1.29, 1.82) is 0 Å². The van der Waals surface area contributed by atoms with E-state index in [0.717, 1.165) is 51.2 Å². The molecule has 2 aliphatic heterocycles. The van der Waals surface area contributed by atoms with E-state index < -0.39 is 10.0 Å². The summed E-state index contributed by atoms with van der Waals surface area (Å²) in [5.41, 5.74) is 0. The fourth-order valence-corrected chi connectivity index (χ4v) is 5.48. The average molecular weight is 411 g/mol. The number of pyridine rings is 1. The van der Waals surface area contributed by atoms with E-state index >= 15 is 0 Å². The number of anilines is 1. The van der Waals surface area contributed by atoms with Crippen LogP contribution >= 0.6 is 0 Å². The molecular weight excluding hydrogens is 376 g/mol. The highest BCUT2D eigenvalue weighted by atomic mass is 32.2. The fraction of sp³-hybridized carbons (Fsp3) is 0.750. The Morgan fingerprint density at radius 2 is 1.93 bits per heavy atom. The van der Waals surface area contributed by atoms with Gasteiger partial charge >= 0.3 is 0 Å². The zero-order valence-electron chi connectivity index (χ0n) is 17.3. The fourth-order valence-electron chi connectivity index (χ4n) is 4.11. The van der Waals surface area contributed by atoms with E-state index in [9.17, 15) is 8.42 Å². The molecular formula is C20H34N4O3S. The van der Waals surface area contributed by atoms with Crippen LogP contribution in [-0.4, -0.2) is 74.6 Å². The number of nitrogens with zero attached hydrogens (tertiary/aromatic N) is 3. The molecule has 1 aromatic heterocycles. The van der Waals surface area contributed by atoms with E-state index in [-0.39, 0.29) is 11.0 Å². The van der Waals surface area contributed by atoms with Crippen LogP contribution in [-0.2, 0) is 14.8 Å². The topological polar surface area (TPSA) is 74.8 Å². The van der Waals surface area contributed by atoms with Crippen molar-refractivity contribution in [2.24, 2.45) is 5.92 Å². The molecule has 0 aliphatic carbocycles. The maximum Gasteiger partial charge on any atom is 0.244 e.